The maximum absolute atomic E-state index is 11.7. The highest BCUT2D eigenvalue weighted by Crippen LogP contribution is 2.41. The molecule has 2 aliphatic carbocycles. The van der Waals surface area contributed by atoms with Crippen LogP contribution >= 0.6 is 0 Å². The number of rotatable bonds is 4. The molecule has 0 unspecified atom stereocenters. The van der Waals surface area contributed by atoms with Crippen molar-refractivity contribution < 1.29 is 9.32 Å². The van der Waals surface area contributed by atoms with Crippen molar-refractivity contribution >= 4 is 5.91 Å². The minimum atomic E-state index is -0.242. The maximum Gasteiger partial charge on any atom is 0.292 e. The van der Waals surface area contributed by atoms with Crippen LogP contribution in [0.3, 0.4) is 0 Å². The number of nitrogens with zero attached hydrogens (tertiary/aromatic N) is 2. The van der Waals surface area contributed by atoms with Crippen molar-refractivity contribution in [1.29, 1.82) is 0 Å². The van der Waals surface area contributed by atoms with Gasteiger partial charge >= 0.3 is 0 Å². The van der Waals surface area contributed by atoms with Crippen LogP contribution in [0.2, 0.25) is 0 Å². The van der Waals surface area contributed by atoms with Gasteiger partial charge in [-0.15, -0.1) is 0 Å². The van der Waals surface area contributed by atoms with E-state index >= 15 is 0 Å². The van der Waals surface area contributed by atoms with E-state index in [1.165, 1.54) is 0 Å². The molecule has 2 fully saturated rings. The molecule has 17 heavy (non-hydrogen) atoms. The maximum atomic E-state index is 11.7. The zero-order valence-corrected chi connectivity index (χ0v) is 9.61. The van der Waals surface area contributed by atoms with Crippen molar-refractivity contribution in [2.45, 2.75) is 43.6 Å². The molecule has 2 aliphatic rings. The number of amides is 1. The summed E-state index contributed by atoms with van der Waals surface area (Å²) in [4.78, 5) is 15.9. The average Bonchev–Trinajstić information content (AvgIpc) is 2.93. The molecule has 1 aromatic heterocycles. The van der Waals surface area contributed by atoms with Gasteiger partial charge in [-0.3, -0.25) is 4.79 Å². The SMILES string of the molecule is NCC1(c2nc(C(=O)NC3CC3)no2)CCC1. The van der Waals surface area contributed by atoms with Crippen molar-refractivity contribution in [3.05, 3.63) is 11.7 Å². The van der Waals surface area contributed by atoms with E-state index in [2.05, 4.69) is 15.5 Å². The topological polar surface area (TPSA) is 94.0 Å². The molecule has 6 nitrogen and oxygen atoms in total. The fourth-order valence-corrected chi connectivity index (χ4v) is 2.12. The number of carbonyl (C=O) groups excluding carboxylic acids is 1. The Kier molecular flexibility index (Phi) is 2.39. The first-order valence-corrected chi connectivity index (χ1v) is 6.09. The Morgan fingerprint density at radius 3 is 2.82 bits per heavy atom. The number of hydrogen-bond acceptors (Lipinski definition) is 5. The van der Waals surface area contributed by atoms with Crippen molar-refractivity contribution in [3.8, 4) is 0 Å². The summed E-state index contributed by atoms with van der Waals surface area (Å²) in [5.74, 6) is 0.410. The Morgan fingerprint density at radius 2 is 2.29 bits per heavy atom. The number of aromatic nitrogens is 2. The summed E-state index contributed by atoms with van der Waals surface area (Å²) in [5.41, 5.74) is 5.57. The van der Waals surface area contributed by atoms with E-state index in [9.17, 15) is 4.79 Å². The summed E-state index contributed by atoms with van der Waals surface area (Å²) in [6, 6.07) is 0.302. The molecule has 0 aliphatic heterocycles. The van der Waals surface area contributed by atoms with Crippen LogP contribution in [0.4, 0.5) is 0 Å². The quantitative estimate of drug-likeness (QED) is 0.786. The highest BCUT2D eigenvalue weighted by molar-refractivity contribution is 5.90. The zero-order chi connectivity index (χ0) is 11.9. The van der Waals surface area contributed by atoms with E-state index in [1.54, 1.807) is 0 Å². The first-order valence-electron chi connectivity index (χ1n) is 6.09. The Labute approximate surface area is 98.9 Å². The van der Waals surface area contributed by atoms with Crippen LogP contribution in [0, 0.1) is 0 Å². The van der Waals surface area contributed by atoms with E-state index < -0.39 is 0 Å². The van der Waals surface area contributed by atoms with Crippen molar-refractivity contribution in [2.24, 2.45) is 5.73 Å². The molecule has 1 amide bonds. The molecular weight excluding hydrogens is 220 g/mol. The number of nitrogens with two attached hydrogens (primary N) is 1. The molecule has 92 valence electrons. The average molecular weight is 236 g/mol. The second kappa shape index (κ2) is 3.80. The first-order chi connectivity index (χ1) is 8.23. The van der Waals surface area contributed by atoms with Gasteiger partial charge in [0.1, 0.15) is 0 Å². The smallest absolute Gasteiger partial charge is 0.292 e. The van der Waals surface area contributed by atoms with E-state index in [1.807, 2.05) is 0 Å². The summed E-state index contributed by atoms with van der Waals surface area (Å²) in [7, 11) is 0. The van der Waals surface area contributed by atoms with Crippen molar-refractivity contribution in [2.75, 3.05) is 6.54 Å². The third kappa shape index (κ3) is 1.82. The van der Waals surface area contributed by atoms with Crippen molar-refractivity contribution in [1.82, 2.24) is 15.5 Å². The van der Waals surface area contributed by atoms with E-state index in [-0.39, 0.29) is 17.1 Å². The first kappa shape index (κ1) is 10.7. The summed E-state index contributed by atoms with van der Waals surface area (Å²) >= 11 is 0. The lowest BCUT2D eigenvalue weighted by atomic mass is 9.69. The third-order valence-electron chi connectivity index (χ3n) is 3.70. The van der Waals surface area contributed by atoms with Crippen LogP contribution < -0.4 is 11.1 Å². The Hall–Kier alpha value is -1.43. The van der Waals surface area contributed by atoms with Gasteiger partial charge in [-0.1, -0.05) is 11.6 Å². The highest BCUT2D eigenvalue weighted by Gasteiger charge is 2.43. The molecule has 3 rings (SSSR count). The standard InChI is InChI=1S/C11H16N4O2/c12-6-11(4-1-5-11)10-14-8(15-17-10)9(16)13-7-2-3-7/h7H,1-6,12H2,(H,13,16). The molecule has 2 saturated carbocycles. The van der Waals surface area contributed by atoms with Gasteiger partial charge in [0.05, 0.1) is 5.41 Å². The van der Waals surface area contributed by atoms with Crippen LogP contribution in [0.5, 0.6) is 0 Å². The molecule has 0 bridgehead atoms. The number of hydrogen-bond donors (Lipinski definition) is 2. The zero-order valence-electron chi connectivity index (χ0n) is 9.61. The van der Waals surface area contributed by atoms with Gasteiger partial charge in [0.15, 0.2) is 0 Å². The molecular formula is C11H16N4O2. The third-order valence-corrected chi connectivity index (χ3v) is 3.70. The van der Waals surface area contributed by atoms with Gasteiger partial charge in [-0.25, -0.2) is 0 Å². The predicted octanol–water partition coefficient (Wildman–Crippen LogP) is 0.342. The second-order valence-electron chi connectivity index (χ2n) is 5.01. The summed E-state index contributed by atoms with van der Waals surface area (Å²) < 4.78 is 5.18. The lowest BCUT2D eigenvalue weighted by Gasteiger charge is -2.36. The van der Waals surface area contributed by atoms with Gasteiger partial charge in [0, 0.05) is 12.6 Å². The van der Waals surface area contributed by atoms with Gasteiger partial charge < -0.3 is 15.6 Å². The van der Waals surface area contributed by atoms with Gasteiger partial charge in [0.25, 0.3) is 11.7 Å². The van der Waals surface area contributed by atoms with E-state index in [0.717, 1.165) is 32.1 Å². The minimum absolute atomic E-state index is 0.131. The van der Waals surface area contributed by atoms with Crippen LogP contribution in [0.15, 0.2) is 4.52 Å². The molecule has 6 heteroatoms. The number of carbonyl (C=O) groups is 1. The predicted molar refractivity (Wildman–Crippen MR) is 59.4 cm³/mol. The molecule has 0 aromatic carbocycles. The fraction of sp³-hybridized carbons (Fsp3) is 0.727. The Bertz CT molecular complexity index is 429. The molecule has 3 N–H and O–H groups in total. The largest absolute Gasteiger partial charge is 0.346 e. The van der Waals surface area contributed by atoms with Gasteiger partial charge in [-0.05, 0) is 25.7 Å². The minimum Gasteiger partial charge on any atom is -0.346 e. The van der Waals surface area contributed by atoms with Crippen LogP contribution in [-0.2, 0) is 5.41 Å². The van der Waals surface area contributed by atoms with E-state index in [4.69, 9.17) is 10.3 Å². The van der Waals surface area contributed by atoms with Crippen LogP contribution in [0.25, 0.3) is 0 Å². The van der Waals surface area contributed by atoms with Crippen LogP contribution in [0.1, 0.15) is 48.6 Å². The molecule has 1 heterocycles. The molecule has 0 atom stereocenters. The van der Waals surface area contributed by atoms with E-state index in [0.29, 0.717) is 18.5 Å². The van der Waals surface area contributed by atoms with Gasteiger partial charge in [0.2, 0.25) is 5.89 Å². The summed E-state index contributed by atoms with van der Waals surface area (Å²) in [6.45, 7) is 0.499. The number of nitrogens with one attached hydrogen (secondary N) is 1. The fourth-order valence-electron chi connectivity index (χ4n) is 2.12. The van der Waals surface area contributed by atoms with Gasteiger partial charge in [-0.2, -0.15) is 4.98 Å². The monoisotopic (exact) mass is 236 g/mol. The lowest BCUT2D eigenvalue weighted by Crippen LogP contribution is -2.42. The second-order valence-corrected chi connectivity index (χ2v) is 5.01. The Morgan fingerprint density at radius 1 is 1.53 bits per heavy atom. The molecule has 1 aromatic rings. The summed E-state index contributed by atoms with van der Waals surface area (Å²) in [5, 5.41) is 6.57. The van der Waals surface area contributed by atoms with Crippen LogP contribution in [-0.4, -0.2) is 28.6 Å². The molecule has 0 spiro atoms. The Balaban J connectivity index is 1.74. The normalized spacial score (nSPS) is 21.9. The highest BCUT2D eigenvalue weighted by atomic mass is 16.5. The molecule has 0 radical (unpaired) electrons. The molecule has 0 saturated heterocycles. The lowest BCUT2D eigenvalue weighted by molar-refractivity contribution is 0.0937. The summed E-state index contributed by atoms with van der Waals surface area (Å²) in [6.07, 6.45) is 5.15. The van der Waals surface area contributed by atoms with Crippen molar-refractivity contribution in [3.63, 3.8) is 0 Å².